The molecular weight excluding hydrogens is 616 g/mol. The number of anilines is 1. The number of amides is 1. The smallest absolute Gasteiger partial charge is 0.303 e. The maximum atomic E-state index is 13.7. The van der Waals surface area contributed by atoms with Crippen molar-refractivity contribution >= 4 is 69.8 Å². The van der Waals surface area contributed by atoms with E-state index in [1.807, 2.05) is 17.5 Å². The molecule has 5 atom stereocenters. The number of hydrogen-bond acceptors (Lipinski definition) is 14. The zero-order valence-electron chi connectivity index (χ0n) is 24.4. The summed E-state index contributed by atoms with van der Waals surface area (Å²) in [6, 6.07) is 10.4. The first kappa shape index (κ1) is 32.7. The van der Waals surface area contributed by atoms with Crippen LogP contribution < -0.4 is 9.64 Å². The Morgan fingerprint density at radius 3 is 2.14 bits per heavy atom. The predicted molar refractivity (Wildman–Crippen MR) is 160 cm³/mol. The molecule has 0 N–H and O–H groups in total. The van der Waals surface area contributed by atoms with Crippen molar-refractivity contribution in [1.29, 1.82) is 0 Å². The summed E-state index contributed by atoms with van der Waals surface area (Å²) in [6.45, 7) is 4.24. The lowest BCUT2D eigenvalue weighted by Gasteiger charge is -2.44. The highest BCUT2D eigenvalue weighted by molar-refractivity contribution is 8.14. The number of carbonyl (C=O) groups is 5. The average Bonchev–Trinajstić information content (AvgIpc) is 3.58. The van der Waals surface area contributed by atoms with Gasteiger partial charge in [0.2, 0.25) is 0 Å². The minimum Gasteiger partial charge on any atom is -0.497 e. The summed E-state index contributed by atoms with van der Waals surface area (Å²) < 4.78 is 33.2. The second-order valence-corrected chi connectivity index (χ2v) is 11.5. The second kappa shape index (κ2) is 14.5. The number of esters is 4. The average molecular weight is 647 g/mol. The molecule has 0 unspecified atom stereocenters. The van der Waals surface area contributed by atoms with E-state index in [1.54, 1.807) is 30.3 Å². The lowest BCUT2D eigenvalue weighted by atomic mass is 9.99. The second-order valence-electron chi connectivity index (χ2n) is 9.46. The molecule has 0 radical (unpaired) electrons. The molecule has 15 heteroatoms. The number of hydrogen-bond donors (Lipinski definition) is 0. The molecule has 234 valence electrons. The van der Waals surface area contributed by atoms with Gasteiger partial charge in [-0.05, 0) is 41.8 Å². The molecule has 0 bridgehead atoms. The summed E-state index contributed by atoms with van der Waals surface area (Å²) in [7, 11) is 1.52. The highest BCUT2D eigenvalue weighted by Crippen LogP contribution is 2.39. The summed E-state index contributed by atoms with van der Waals surface area (Å²) in [5.41, 5.74) is -0.581. The lowest BCUT2D eigenvalue weighted by Crippen LogP contribution is -2.61. The molecule has 1 aromatic carbocycles. The van der Waals surface area contributed by atoms with Crippen LogP contribution in [-0.2, 0) is 47.7 Å². The van der Waals surface area contributed by atoms with Crippen LogP contribution in [0.15, 0.2) is 52.5 Å². The minimum atomic E-state index is -1.36. The van der Waals surface area contributed by atoms with E-state index in [2.05, 4.69) is 4.99 Å². The fourth-order valence-corrected chi connectivity index (χ4v) is 6.28. The maximum absolute atomic E-state index is 13.7. The molecule has 0 spiro atoms. The van der Waals surface area contributed by atoms with Crippen LogP contribution in [0.2, 0.25) is 0 Å². The highest BCUT2D eigenvalue weighted by atomic mass is 32.2. The van der Waals surface area contributed by atoms with Gasteiger partial charge in [0.25, 0.3) is 5.91 Å². The number of ether oxygens (including phenoxy) is 6. The first-order valence-electron chi connectivity index (χ1n) is 13.3. The standard InChI is InChI=1S/C29H30N2O11S2/c1-15(32)38-14-23-24(39-16(2)33)25(40-17(3)34)26(41-18(4)35)28(42-23)44-29-30-22(13-21-7-6-12-43-21)27(36)31(29)19-8-10-20(37-5)11-9-19/h6-13,23-26,28H,14H2,1-5H3/t23-,24-,25+,26-,28+/m1/s1. The van der Waals surface area contributed by atoms with Gasteiger partial charge in [-0.15, -0.1) is 11.3 Å². The number of rotatable bonds is 9. The Balaban J connectivity index is 1.78. The molecular formula is C29H30N2O11S2. The summed E-state index contributed by atoms with van der Waals surface area (Å²) in [4.78, 5) is 68.6. The van der Waals surface area contributed by atoms with Crippen LogP contribution in [0.3, 0.4) is 0 Å². The summed E-state index contributed by atoms with van der Waals surface area (Å²) in [5, 5.41) is 2.02. The number of nitrogens with zero attached hydrogens (tertiary/aromatic N) is 2. The Labute approximate surface area is 261 Å². The van der Waals surface area contributed by atoms with Gasteiger partial charge in [-0.3, -0.25) is 28.9 Å². The molecule has 1 aromatic heterocycles. The molecule has 3 heterocycles. The van der Waals surface area contributed by atoms with E-state index in [1.165, 1.54) is 30.3 Å². The van der Waals surface area contributed by atoms with E-state index in [0.29, 0.717) is 11.4 Å². The predicted octanol–water partition coefficient (Wildman–Crippen LogP) is 3.32. The highest BCUT2D eigenvalue weighted by Gasteiger charge is 2.53. The van der Waals surface area contributed by atoms with Crippen LogP contribution >= 0.6 is 23.1 Å². The molecule has 1 fully saturated rings. The van der Waals surface area contributed by atoms with E-state index in [4.69, 9.17) is 28.4 Å². The van der Waals surface area contributed by atoms with E-state index >= 15 is 0 Å². The molecule has 44 heavy (non-hydrogen) atoms. The molecule has 1 saturated heterocycles. The number of thioether (sulfide) groups is 1. The first-order valence-corrected chi connectivity index (χ1v) is 15.0. The van der Waals surface area contributed by atoms with E-state index in [0.717, 1.165) is 37.4 Å². The molecule has 0 aliphatic carbocycles. The zero-order chi connectivity index (χ0) is 32.0. The third-order valence-electron chi connectivity index (χ3n) is 6.15. The number of thiophene rings is 1. The maximum Gasteiger partial charge on any atom is 0.303 e. The van der Waals surface area contributed by atoms with Crippen LogP contribution in [0.4, 0.5) is 5.69 Å². The normalized spacial score (nSPS) is 24.0. The van der Waals surface area contributed by atoms with Crippen LogP contribution in [0.1, 0.15) is 32.6 Å². The first-order chi connectivity index (χ1) is 21.0. The third-order valence-corrected chi connectivity index (χ3v) is 8.07. The van der Waals surface area contributed by atoms with Gasteiger partial charge >= 0.3 is 23.9 Å². The van der Waals surface area contributed by atoms with Gasteiger partial charge in [0.1, 0.15) is 24.2 Å². The SMILES string of the molecule is COc1ccc(N2C(=O)C(=Cc3cccs3)N=C2S[C@@H]2O[C@H](COC(C)=O)[C@@H](OC(C)=O)[C@H](OC(C)=O)[C@H]2OC(C)=O)cc1. The Kier molecular flexibility index (Phi) is 10.8. The van der Waals surface area contributed by atoms with E-state index in [-0.39, 0.29) is 17.5 Å². The molecule has 0 saturated carbocycles. The summed E-state index contributed by atoms with van der Waals surface area (Å²) in [6.07, 6.45) is -3.51. The fraction of sp³-hybridized carbons (Fsp3) is 0.379. The molecule has 2 aliphatic heterocycles. The number of carbonyl (C=O) groups excluding carboxylic acids is 5. The van der Waals surface area contributed by atoms with Gasteiger partial charge in [-0.2, -0.15) is 0 Å². The Bertz CT molecular complexity index is 1460. The van der Waals surface area contributed by atoms with Crippen molar-refractivity contribution in [3.05, 3.63) is 52.4 Å². The quantitative estimate of drug-likeness (QED) is 0.223. The van der Waals surface area contributed by atoms with Crippen LogP contribution in [0.5, 0.6) is 5.75 Å². The summed E-state index contributed by atoms with van der Waals surface area (Å²) >= 11 is 2.34. The van der Waals surface area contributed by atoms with Crippen molar-refractivity contribution in [2.75, 3.05) is 18.6 Å². The minimum absolute atomic E-state index is 0.136. The van der Waals surface area contributed by atoms with E-state index < -0.39 is 59.6 Å². The van der Waals surface area contributed by atoms with Gasteiger partial charge < -0.3 is 28.4 Å². The molecule has 1 amide bonds. The van der Waals surface area contributed by atoms with Crippen molar-refractivity contribution in [2.24, 2.45) is 4.99 Å². The molecule has 4 rings (SSSR count). The zero-order valence-corrected chi connectivity index (χ0v) is 26.0. The Morgan fingerprint density at radius 1 is 0.932 bits per heavy atom. The topological polar surface area (TPSA) is 156 Å². The summed E-state index contributed by atoms with van der Waals surface area (Å²) in [5.74, 6) is -2.73. The van der Waals surface area contributed by atoms with Crippen molar-refractivity contribution in [1.82, 2.24) is 0 Å². The number of aliphatic imine (C=N–C) groups is 1. The van der Waals surface area contributed by atoms with Gasteiger partial charge in [0.15, 0.2) is 28.9 Å². The number of benzene rings is 1. The molecule has 2 aromatic rings. The Hall–Kier alpha value is -4.21. The van der Waals surface area contributed by atoms with Crippen LogP contribution in [-0.4, -0.2) is 78.5 Å². The van der Waals surface area contributed by atoms with Gasteiger partial charge in [-0.1, -0.05) is 17.8 Å². The lowest BCUT2D eigenvalue weighted by molar-refractivity contribution is -0.237. The number of methoxy groups -OCH3 is 1. The molecule has 2 aliphatic rings. The van der Waals surface area contributed by atoms with Crippen molar-refractivity contribution in [3.63, 3.8) is 0 Å². The van der Waals surface area contributed by atoms with Crippen LogP contribution in [0.25, 0.3) is 6.08 Å². The van der Waals surface area contributed by atoms with Crippen molar-refractivity contribution in [2.45, 2.75) is 57.5 Å². The number of amidine groups is 1. The Morgan fingerprint density at radius 2 is 1.57 bits per heavy atom. The van der Waals surface area contributed by atoms with Crippen LogP contribution in [0, 0.1) is 0 Å². The van der Waals surface area contributed by atoms with Crippen molar-refractivity contribution < 1.29 is 52.4 Å². The van der Waals surface area contributed by atoms with Crippen molar-refractivity contribution in [3.8, 4) is 5.75 Å². The monoisotopic (exact) mass is 646 g/mol. The third kappa shape index (κ3) is 8.03. The molecule has 13 nitrogen and oxygen atoms in total. The largest absolute Gasteiger partial charge is 0.497 e. The fourth-order valence-electron chi connectivity index (χ4n) is 4.43. The van der Waals surface area contributed by atoms with Gasteiger partial charge in [0.05, 0.1) is 12.8 Å². The van der Waals surface area contributed by atoms with E-state index in [9.17, 15) is 24.0 Å². The van der Waals surface area contributed by atoms with Gasteiger partial charge in [-0.25, -0.2) is 4.99 Å². The van der Waals surface area contributed by atoms with Gasteiger partial charge in [0, 0.05) is 32.6 Å².